The maximum atomic E-state index is 12.4. The van der Waals surface area contributed by atoms with Gasteiger partial charge in [-0.3, -0.25) is 4.79 Å². The van der Waals surface area contributed by atoms with E-state index in [9.17, 15) is 4.79 Å². The molecule has 0 saturated carbocycles. The van der Waals surface area contributed by atoms with E-state index in [0.29, 0.717) is 29.7 Å². The zero-order valence-electron chi connectivity index (χ0n) is 11.5. The van der Waals surface area contributed by atoms with Crippen LogP contribution in [0.1, 0.15) is 18.9 Å². The monoisotopic (exact) mass is 315 g/mol. The first kappa shape index (κ1) is 15.8. The summed E-state index contributed by atoms with van der Waals surface area (Å²) >= 11 is 12.0. The SMILES string of the molecule is CCCNC1COCC1C(=O)Cc1ccc(Cl)cc1Cl. The molecule has 2 rings (SSSR count). The van der Waals surface area contributed by atoms with Crippen molar-refractivity contribution in [2.24, 2.45) is 5.92 Å². The number of hydrogen-bond acceptors (Lipinski definition) is 3. The molecule has 5 heteroatoms. The van der Waals surface area contributed by atoms with E-state index >= 15 is 0 Å². The molecule has 20 heavy (non-hydrogen) atoms. The van der Waals surface area contributed by atoms with Gasteiger partial charge in [-0.05, 0) is 30.7 Å². The number of Topliss-reactive ketones (excluding diaryl/α,β-unsaturated/α-hetero) is 1. The number of benzene rings is 1. The van der Waals surface area contributed by atoms with E-state index in [2.05, 4.69) is 12.2 Å². The van der Waals surface area contributed by atoms with Gasteiger partial charge in [0.2, 0.25) is 0 Å². The van der Waals surface area contributed by atoms with Crippen molar-refractivity contribution in [1.29, 1.82) is 0 Å². The standard InChI is InChI=1S/C15H19Cl2NO2/c1-2-5-18-14-9-20-8-12(14)15(19)6-10-3-4-11(16)7-13(10)17/h3-4,7,12,14,18H,2,5-6,8-9H2,1H3. The van der Waals surface area contributed by atoms with Gasteiger partial charge in [0.15, 0.2) is 0 Å². The molecular weight excluding hydrogens is 297 g/mol. The van der Waals surface area contributed by atoms with Crippen LogP contribution >= 0.6 is 23.2 Å². The largest absolute Gasteiger partial charge is 0.379 e. The zero-order chi connectivity index (χ0) is 14.5. The normalized spacial score (nSPS) is 22.1. The second-order valence-electron chi connectivity index (χ2n) is 5.08. The fraction of sp³-hybridized carbons (Fsp3) is 0.533. The third kappa shape index (κ3) is 3.95. The maximum absolute atomic E-state index is 12.4. The Morgan fingerprint density at radius 3 is 2.90 bits per heavy atom. The molecule has 110 valence electrons. The summed E-state index contributed by atoms with van der Waals surface area (Å²) in [6.45, 7) is 4.10. The number of halogens is 2. The first-order valence-electron chi connectivity index (χ1n) is 6.89. The second-order valence-corrected chi connectivity index (χ2v) is 5.93. The Kier molecular flexibility index (Phi) is 5.85. The summed E-state index contributed by atoms with van der Waals surface area (Å²) < 4.78 is 5.44. The average molecular weight is 316 g/mol. The first-order chi connectivity index (χ1) is 9.61. The number of hydrogen-bond donors (Lipinski definition) is 1. The molecule has 1 saturated heterocycles. The molecule has 1 aromatic carbocycles. The molecule has 2 atom stereocenters. The van der Waals surface area contributed by atoms with Crippen molar-refractivity contribution < 1.29 is 9.53 Å². The highest BCUT2D eigenvalue weighted by atomic mass is 35.5. The highest BCUT2D eigenvalue weighted by Gasteiger charge is 2.33. The molecule has 2 unspecified atom stereocenters. The first-order valence-corrected chi connectivity index (χ1v) is 7.65. The molecule has 0 bridgehead atoms. The van der Waals surface area contributed by atoms with E-state index in [0.717, 1.165) is 18.5 Å². The third-order valence-corrected chi connectivity index (χ3v) is 4.12. The molecule has 0 spiro atoms. The molecule has 1 fully saturated rings. The van der Waals surface area contributed by atoms with Gasteiger partial charge in [-0.2, -0.15) is 0 Å². The minimum atomic E-state index is -0.0895. The van der Waals surface area contributed by atoms with Crippen molar-refractivity contribution >= 4 is 29.0 Å². The highest BCUT2D eigenvalue weighted by molar-refractivity contribution is 6.35. The van der Waals surface area contributed by atoms with E-state index in [4.69, 9.17) is 27.9 Å². The molecule has 1 aliphatic heterocycles. The lowest BCUT2D eigenvalue weighted by Crippen LogP contribution is -2.40. The Balaban J connectivity index is 2.00. The zero-order valence-corrected chi connectivity index (χ0v) is 13.0. The number of carbonyl (C=O) groups excluding carboxylic acids is 1. The van der Waals surface area contributed by atoms with Crippen molar-refractivity contribution in [2.45, 2.75) is 25.8 Å². The van der Waals surface area contributed by atoms with Crippen LogP contribution in [0, 0.1) is 5.92 Å². The van der Waals surface area contributed by atoms with Crippen molar-refractivity contribution in [1.82, 2.24) is 5.32 Å². The fourth-order valence-electron chi connectivity index (χ4n) is 2.39. The van der Waals surface area contributed by atoms with Gasteiger partial charge in [0.25, 0.3) is 0 Å². The summed E-state index contributed by atoms with van der Waals surface area (Å²) in [5.74, 6) is 0.0774. The summed E-state index contributed by atoms with van der Waals surface area (Å²) in [5, 5.41) is 4.50. The Morgan fingerprint density at radius 2 is 2.20 bits per heavy atom. The number of ketones is 1. The number of ether oxygens (including phenoxy) is 1. The van der Waals surface area contributed by atoms with Crippen molar-refractivity contribution in [2.75, 3.05) is 19.8 Å². The molecule has 1 aliphatic rings. The van der Waals surface area contributed by atoms with Gasteiger partial charge >= 0.3 is 0 Å². The smallest absolute Gasteiger partial charge is 0.144 e. The van der Waals surface area contributed by atoms with Gasteiger partial charge < -0.3 is 10.1 Å². The van der Waals surface area contributed by atoms with Gasteiger partial charge in [-0.15, -0.1) is 0 Å². The van der Waals surface area contributed by atoms with Crippen LogP contribution in [-0.4, -0.2) is 31.6 Å². The lowest BCUT2D eigenvalue weighted by molar-refractivity contribution is -0.122. The van der Waals surface area contributed by atoms with E-state index in [-0.39, 0.29) is 17.7 Å². The molecule has 3 nitrogen and oxygen atoms in total. The number of carbonyl (C=O) groups is 1. The molecule has 0 amide bonds. The molecule has 0 aliphatic carbocycles. The Labute approximate surface area is 129 Å². The van der Waals surface area contributed by atoms with Crippen LogP contribution < -0.4 is 5.32 Å². The van der Waals surface area contributed by atoms with Gasteiger partial charge in [-0.1, -0.05) is 36.2 Å². The lowest BCUT2D eigenvalue weighted by Gasteiger charge is -2.18. The predicted octanol–water partition coefficient (Wildman–Crippen LogP) is 3.12. The summed E-state index contributed by atoms with van der Waals surface area (Å²) in [6, 6.07) is 5.36. The van der Waals surface area contributed by atoms with Crippen LogP contribution in [0.3, 0.4) is 0 Å². The number of nitrogens with one attached hydrogen (secondary N) is 1. The Morgan fingerprint density at radius 1 is 1.40 bits per heavy atom. The predicted molar refractivity (Wildman–Crippen MR) is 81.6 cm³/mol. The summed E-state index contributed by atoms with van der Waals surface area (Å²) in [7, 11) is 0. The molecule has 1 N–H and O–H groups in total. The van der Waals surface area contributed by atoms with Gasteiger partial charge in [-0.25, -0.2) is 0 Å². The van der Waals surface area contributed by atoms with E-state index in [1.54, 1.807) is 12.1 Å². The van der Waals surface area contributed by atoms with Gasteiger partial charge in [0.1, 0.15) is 5.78 Å². The maximum Gasteiger partial charge on any atom is 0.144 e. The highest BCUT2D eigenvalue weighted by Crippen LogP contribution is 2.24. The van der Waals surface area contributed by atoms with E-state index in [1.165, 1.54) is 0 Å². The quantitative estimate of drug-likeness (QED) is 0.876. The van der Waals surface area contributed by atoms with Crippen molar-refractivity contribution in [3.8, 4) is 0 Å². The van der Waals surface area contributed by atoms with Crippen LogP contribution in [0.25, 0.3) is 0 Å². The van der Waals surface area contributed by atoms with Crippen LogP contribution in [0.15, 0.2) is 18.2 Å². The van der Waals surface area contributed by atoms with E-state index < -0.39 is 0 Å². The molecule has 0 aromatic heterocycles. The Hall–Kier alpha value is -0.610. The van der Waals surface area contributed by atoms with Crippen LogP contribution in [0.2, 0.25) is 10.0 Å². The fourth-order valence-corrected chi connectivity index (χ4v) is 2.86. The minimum Gasteiger partial charge on any atom is -0.379 e. The molecule has 0 radical (unpaired) electrons. The topological polar surface area (TPSA) is 38.3 Å². The Bertz CT molecular complexity index is 479. The average Bonchev–Trinajstić information content (AvgIpc) is 2.88. The van der Waals surface area contributed by atoms with Gasteiger partial charge in [0.05, 0.1) is 19.1 Å². The summed E-state index contributed by atoms with van der Waals surface area (Å²) in [5.41, 5.74) is 0.821. The summed E-state index contributed by atoms with van der Waals surface area (Å²) in [6.07, 6.45) is 1.37. The molecule has 1 heterocycles. The van der Waals surface area contributed by atoms with E-state index in [1.807, 2.05) is 6.07 Å². The van der Waals surface area contributed by atoms with Crippen LogP contribution in [0.5, 0.6) is 0 Å². The number of rotatable bonds is 6. The van der Waals surface area contributed by atoms with Crippen LogP contribution in [0.4, 0.5) is 0 Å². The molecular formula is C15H19Cl2NO2. The molecule has 1 aromatic rings. The third-order valence-electron chi connectivity index (χ3n) is 3.53. The minimum absolute atomic E-state index is 0.0895. The summed E-state index contributed by atoms with van der Waals surface area (Å²) in [4.78, 5) is 12.4. The van der Waals surface area contributed by atoms with Crippen molar-refractivity contribution in [3.05, 3.63) is 33.8 Å². The van der Waals surface area contributed by atoms with Crippen LogP contribution in [-0.2, 0) is 16.0 Å². The second kappa shape index (κ2) is 7.41. The lowest BCUT2D eigenvalue weighted by atomic mass is 9.93. The van der Waals surface area contributed by atoms with Gasteiger partial charge in [0, 0.05) is 22.5 Å². The van der Waals surface area contributed by atoms with Crippen molar-refractivity contribution in [3.63, 3.8) is 0 Å².